The lowest BCUT2D eigenvalue weighted by molar-refractivity contribution is -0.140. The van der Waals surface area contributed by atoms with Gasteiger partial charge >= 0.3 is 5.97 Å². The second-order valence-corrected chi connectivity index (χ2v) is 7.07. The van der Waals surface area contributed by atoms with Crippen LogP contribution in [0, 0.1) is 6.92 Å². The third kappa shape index (κ3) is 4.33. The minimum atomic E-state index is -3.67. The molecule has 8 heteroatoms. The number of carbonyl (C=O) groups excluding carboxylic acids is 1. The fraction of sp³-hybridized carbons (Fsp3) is 0.462. The summed E-state index contributed by atoms with van der Waals surface area (Å²) >= 11 is 5.87. The predicted octanol–water partition coefficient (Wildman–Crippen LogP) is 1.80. The Balaban J connectivity index is 2.90. The summed E-state index contributed by atoms with van der Waals surface area (Å²) in [7, 11) is -0.922. The van der Waals surface area contributed by atoms with Gasteiger partial charge in [0.1, 0.15) is 0 Å². The lowest BCUT2D eigenvalue weighted by Gasteiger charge is -2.19. The maximum atomic E-state index is 12.5. The van der Waals surface area contributed by atoms with Crippen molar-refractivity contribution in [2.45, 2.75) is 24.7 Å². The first-order valence-corrected chi connectivity index (χ1v) is 8.10. The molecule has 0 atom stereocenters. The zero-order valence-electron chi connectivity index (χ0n) is 12.2. The highest BCUT2D eigenvalue weighted by Gasteiger charge is 2.23. The Kier molecular flexibility index (Phi) is 6.00. The Bertz CT molecular complexity index is 631. The largest absolute Gasteiger partial charge is 0.469 e. The van der Waals surface area contributed by atoms with Crippen LogP contribution in [0.25, 0.3) is 0 Å². The minimum Gasteiger partial charge on any atom is -0.469 e. The fourth-order valence-electron chi connectivity index (χ4n) is 1.78. The molecule has 1 rings (SSSR count). The van der Waals surface area contributed by atoms with E-state index in [0.717, 1.165) is 0 Å². The molecule has 6 nitrogen and oxygen atoms in total. The number of esters is 1. The topological polar surface area (TPSA) is 89.7 Å². The molecule has 0 aromatic heterocycles. The molecule has 0 saturated heterocycles. The zero-order valence-corrected chi connectivity index (χ0v) is 13.8. The van der Waals surface area contributed by atoms with Crippen molar-refractivity contribution in [3.05, 3.63) is 22.7 Å². The summed E-state index contributed by atoms with van der Waals surface area (Å²) in [6.07, 6.45) is 0.544. The Hall–Kier alpha value is -1.31. The number of nitrogen functional groups attached to an aromatic ring is 1. The highest BCUT2D eigenvalue weighted by Crippen LogP contribution is 2.27. The smallest absolute Gasteiger partial charge is 0.305 e. The molecule has 1 aromatic carbocycles. The van der Waals surface area contributed by atoms with Crippen LogP contribution in [0.1, 0.15) is 18.4 Å². The van der Waals surface area contributed by atoms with Crippen LogP contribution in [0.4, 0.5) is 5.69 Å². The van der Waals surface area contributed by atoms with Crippen LogP contribution in [0.5, 0.6) is 0 Å². The Morgan fingerprint density at radius 2 is 2.05 bits per heavy atom. The summed E-state index contributed by atoms with van der Waals surface area (Å²) in [5.41, 5.74) is 6.40. The second-order valence-electron chi connectivity index (χ2n) is 4.65. The van der Waals surface area contributed by atoms with Crippen LogP contribution in [-0.2, 0) is 19.6 Å². The van der Waals surface area contributed by atoms with Gasteiger partial charge in [0, 0.05) is 20.0 Å². The third-order valence-electron chi connectivity index (χ3n) is 3.06. The molecule has 0 heterocycles. The van der Waals surface area contributed by atoms with E-state index in [1.54, 1.807) is 6.92 Å². The first-order valence-electron chi connectivity index (χ1n) is 6.29. The van der Waals surface area contributed by atoms with E-state index in [4.69, 9.17) is 17.3 Å². The van der Waals surface area contributed by atoms with Crippen molar-refractivity contribution in [1.29, 1.82) is 0 Å². The van der Waals surface area contributed by atoms with Gasteiger partial charge in [-0.25, -0.2) is 12.7 Å². The summed E-state index contributed by atoms with van der Waals surface area (Å²) in [5, 5.41) is 0.319. The van der Waals surface area contributed by atoms with Gasteiger partial charge in [-0.3, -0.25) is 4.79 Å². The highest BCUT2D eigenvalue weighted by atomic mass is 35.5. The monoisotopic (exact) mass is 334 g/mol. The van der Waals surface area contributed by atoms with E-state index >= 15 is 0 Å². The van der Waals surface area contributed by atoms with Gasteiger partial charge in [-0.2, -0.15) is 0 Å². The lowest BCUT2D eigenvalue weighted by Crippen LogP contribution is -2.29. The number of halogens is 1. The first-order chi connectivity index (χ1) is 9.70. The maximum absolute atomic E-state index is 12.5. The molecule has 0 amide bonds. The molecule has 0 spiro atoms. The van der Waals surface area contributed by atoms with Crippen LogP contribution in [0.3, 0.4) is 0 Å². The van der Waals surface area contributed by atoms with E-state index in [-0.39, 0.29) is 29.5 Å². The third-order valence-corrected chi connectivity index (χ3v) is 5.39. The normalized spacial score (nSPS) is 11.7. The molecule has 0 aliphatic heterocycles. The van der Waals surface area contributed by atoms with Crippen LogP contribution in [-0.4, -0.2) is 39.4 Å². The Morgan fingerprint density at radius 3 is 2.62 bits per heavy atom. The first kappa shape index (κ1) is 17.7. The Morgan fingerprint density at radius 1 is 1.43 bits per heavy atom. The maximum Gasteiger partial charge on any atom is 0.305 e. The lowest BCUT2D eigenvalue weighted by atomic mass is 10.2. The van der Waals surface area contributed by atoms with Crippen LogP contribution in [0.15, 0.2) is 17.0 Å². The second kappa shape index (κ2) is 7.11. The van der Waals surface area contributed by atoms with Crippen molar-refractivity contribution in [2.24, 2.45) is 0 Å². The van der Waals surface area contributed by atoms with Gasteiger partial charge in [0.15, 0.2) is 0 Å². The van der Waals surface area contributed by atoms with Gasteiger partial charge in [-0.1, -0.05) is 11.6 Å². The van der Waals surface area contributed by atoms with E-state index in [0.29, 0.717) is 17.0 Å². The molecule has 0 fully saturated rings. The summed E-state index contributed by atoms with van der Waals surface area (Å²) in [5.74, 6) is -0.368. The van der Waals surface area contributed by atoms with Crippen molar-refractivity contribution >= 4 is 33.3 Å². The van der Waals surface area contributed by atoms with E-state index in [1.807, 2.05) is 0 Å². The summed E-state index contributed by atoms with van der Waals surface area (Å²) in [6.45, 7) is 1.86. The number of ether oxygens (including phenoxy) is 1. The number of benzene rings is 1. The van der Waals surface area contributed by atoms with Crippen molar-refractivity contribution in [3.8, 4) is 0 Å². The highest BCUT2D eigenvalue weighted by molar-refractivity contribution is 7.89. The molecule has 0 bridgehead atoms. The predicted molar refractivity (Wildman–Crippen MR) is 81.7 cm³/mol. The average molecular weight is 335 g/mol. The van der Waals surface area contributed by atoms with Crippen LogP contribution >= 0.6 is 11.6 Å². The number of carbonyl (C=O) groups is 1. The number of rotatable bonds is 6. The van der Waals surface area contributed by atoms with E-state index < -0.39 is 10.0 Å². The molecule has 0 saturated carbocycles. The summed E-state index contributed by atoms with van der Waals surface area (Å²) in [6, 6.07) is 2.87. The van der Waals surface area contributed by atoms with Gasteiger partial charge < -0.3 is 10.5 Å². The average Bonchev–Trinajstić information content (AvgIpc) is 2.42. The number of aryl methyl sites for hydroxylation is 1. The molecule has 21 heavy (non-hydrogen) atoms. The number of nitrogens with zero attached hydrogens (tertiary/aromatic N) is 1. The number of anilines is 1. The van der Waals surface area contributed by atoms with E-state index in [1.165, 1.54) is 30.6 Å². The molecule has 0 aliphatic rings. The molecule has 0 unspecified atom stereocenters. The van der Waals surface area contributed by atoms with Crippen molar-refractivity contribution < 1.29 is 17.9 Å². The van der Waals surface area contributed by atoms with Gasteiger partial charge in [0.25, 0.3) is 0 Å². The van der Waals surface area contributed by atoms with E-state index in [2.05, 4.69) is 4.74 Å². The number of methoxy groups -OCH3 is 1. The van der Waals surface area contributed by atoms with Gasteiger partial charge in [0.2, 0.25) is 10.0 Å². The van der Waals surface area contributed by atoms with Crippen molar-refractivity contribution in [2.75, 3.05) is 26.4 Å². The SMILES string of the molecule is COC(=O)CCCN(C)S(=O)(=O)c1cc(N)c(Cl)cc1C. The molecule has 118 valence electrons. The van der Waals surface area contributed by atoms with Gasteiger partial charge in [-0.15, -0.1) is 0 Å². The molecule has 0 radical (unpaired) electrons. The number of sulfonamides is 1. The molecular weight excluding hydrogens is 316 g/mol. The number of hydrogen-bond donors (Lipinski definition) is 1. The van der Waals surface area contributed by atoms with Gasteiger partial charge in [0.05, 0.1) is 22.7 Å². The fourth-order valence-corrected chi connectivity index (χ4v) is 3.45. The van der Waals surface area contributed by atoms with Crippen LogP contribution < -0.4 is 5.73 Å². The minimum absolute atomic E-state index is 0.116. The summed E-state index contributed by atoms with van der Waals surface area (Å²) < 4.78 is 30.6. The Labute approximate surface area is 129 Å². The number of hydrogen-bond acceptors (Lipinski definition) is 5. The molecule has 0 aliphatic carbocycles. The van der Waals surface area contributed by atoms with Crippen molar-refractivity contribution in [3.63, 3.8) is 0 Å². The van der Waals surface area contributed by atoms with Gasteiger partial charge in [-0.05, 0) is 31.0 Å². The zero-order chi connectivity index (χ0) is 16.2. The molecular formula is C13H19ClN2O4S. The quantitative estimate of drug-likeness (QED) is 0.633. The molecule has 1 aromatic rings. The standard InChI is InChI=1S/C13H19ClN2O4S/c1-9-7-10(14)11(15)8-12(9)21(18,19)16(2)6-4-5-13(17)20-3/h7-8H,4-6,15H2,1-3H3. The number of nitrogens with two attached hydrogens (primary N) is 1. The van der Waals surface area contributed by atoms with Crippen molar-refractivity contribution in [1.82, 2.24) is 4.31 Å². The summed E-state index contributed by atoms with van der Waals surface area (Å²) in [4.78, 5) is 11.1. The molecule has 2 N–H and O–H groups in total. The van der Waals surface area contributed by atoms with Crippen LogP contribution in [0.2, 0.25) is 5.02 Å². The van der Waals surface area contributed by atoms with E-state index in [9.17, 15) is 13.2 Å².